The van der Waals surface area contributed by atoms with Crippen LogP contribution in [0.15, 0.2) is 42.5 Å². The van der Waals surface area contributed by atoms with Crippen molar-refractivity contribution < 1.29 is 27.9 Å². The number of fused-ring (bicyclic) bond motifs is 1. The number of nitrogens with zero attached hydrogens (tertiary/aromatic N) is 2. The number of aromatic nitrogens is 2. The maximum atomic E-state index is 13.0. The number of rotatable bonds is 6. The number of carbonyl (C=O) groups excluding carboxylic acids is 2. The Hall–Kier alpha value is -3.40. The van der Waals surface area contributed by atoms with E-state index in [0.717, 1.165) is 17.7 Å². The van der Waals surface area contributed by atoms with E-state index in [0.29, 0.717) is 37.0 Å². The van der Waals surface area contributed by atoms with Gasteiger partial charge in [0.1, 0.15) is 0 Å². The van der Waals surface area contributed by atoms with Crippen LogP contribution < -0.4 is 10.6 Å². The number of alkyl halides is 3. The van der Waals surface area contributed by atoms with Gasteiger partial charge in [0.05, 0.1) is 22.0 Å². The van der Waals surface area contributed by atoms with Gasteiger partial charge in [-0.15, -0.1) is 0 Å². The standard InChI is InChI=1S/C23H23F3N4O3/c1-22(8-9-27-20(22)33)15-6-7-18-17(13-15)28-21(30(18)10-3-11-31)29-19(32)14-4-2-5-16(12-14)23(24,25)26/h2,4-7,12-13,31H,3,8-11H2,1H3,(H,27,33)(H,28,29,32). The lowest BCUT2D eigenvalue weighted by Crippen LogP contribution is -2.32. The molecule has 3 N–H and O–H groups in total. The molecule has 1 saturated heterocycles. The Morgan fingerprint density at radius 2 is 2.06 bits per heavy atom. The molecule has 1 atom stereocenters. The Labute approximate surface area is 187 Å². The molecule has 1 aliphatic heterocycles. The van der Waals surface area contributed by atoms with Gasteiger partial charge in [-0.25, -0.2) is 4.98 Å². The van der Waals surface area contributed by atoms with Crippen LogP contribution >= 0.6 is 0 Å². The van der Waals surface area contributed by atoms with Crippen molar-refractivity contribution in [2.75, 3.05) is 18.5 Å². The van der Waals surface area contributed by atoms with Gasteiger partial charge in [0.2, 0.25) is 11.9 Å². The maximum absolute atomic E-state index is 13.0. The molecule has 1 aliphatic rings. The monoisotopic (exact) mass is 460 g/mol. The van der Waals surface area contributed by atoms with Crippen LogP contribution in [0.5, 0.6) is 0 Å². The van der Waals surface area contributed by atoms with Gasteiger partial charge in [-0.3, -0.25) is 14.9 Å². The molecule has 7 nitrogen and oxygen atoms in total. The minimum atomic E-state index is -4.57. The number of amides is 2. The van der Waals surface area contributed by atoms with E-state index in [2.05, 4.69) is 15.6 Å². The smallest absolute Gasteiger partial charge is 0.396 e. The Bertz CT molecular complexity index is 1220. The summed E-state index contributed by atoms with van der Waals surface area (Å²) in [6.45, 7) is 2.69. The van der Waals surface area contributed by atoms with Gasteiger partial charge in [0.25, 0.3) is 5.91 Å². The lowest BCUT2D eigenvalue weighted by Gasteiger charge is -2.20. The Morgan fingerprint density at radius 3 is 2.73 bits per heavy atom. The summed E-state index contributed by atoms with van der Waals surface area (Å²) in [5, 5.41) is 14.7. The highest BCUT2D eigenvalue weighted by Gasteiger charge is 2.39. The second-order valence-corrected chi connectivity index (χ2v) is 8.24. The van der Waals surface area contributed by atoms with E-state index in [9.17, 15) is 27.9 Å². The summed E-state index contributed by atoms with van der Waals surface area (Å²) in [7, 11) is 0. The van der Waals surface area contributed by atoms with Crippen LogP contribution in [-0.4, -0.2) is 39.6 Å². The first kappa shape index (κ1) is 22.8. The minimum Gasteiger partial charge on any atom is -0.396 e. The zero-order valence-electron chi connectivity index (χ0n) is 17.9. The molecule has 2 aromatic carbocycles. The zero-order chi connectivity index (χ0) is 23.8. The quantitative estimate of drug-likeness (QED) is 0.525. The normalized spacial score (nSPS) is 18.5. The molecule has 1 fully saturated rings. The van der Waals surface area contributed by atoms with Gasteiger partial charge in [-0.1, -0.05) is 12.1 Å². The van der Waals surface area contributed by atoms with E-state index < -0.39 is 23.1 Å². The first-order chi connectivity index (χ1) is 15.6. The third-order valence-corrected chi connectivity index (χ3v) is 6.01. The van der Waals surface area contributed by atoms with Crippen LogP contribution in [0, 0.1) is 0 Å². The van der Waals surface area contributed by atoms with Gasteiger partial charge in [0, 0.05) is 25.3 Å². The van der Waals surface area contributed by atoms with E-state index in [1.165, 1.54) is 12.1 Å². The van der Waals surface area contributed by atoms with Gasteiger partial charge >= 0.3 is 6.18 Å². The predicted octanol–water partition coefficient (Wildman–Crippen LogP) is 3.47. The number of aliphatic hydroxyl groups is 1. The summed E-state index contributed by atoms with van der Waals surface area (Å²) in [6, 6.07) is 9.57. The van der Waals surface area contributed by atoms with Crippen molar-refractivity contribution in [3.05, 3.63) is 59.2 Å². The summed E-state index contributed by atoms with van der Waals surface area (Å²) < 4.78 is 40.8. The van der Waals surface area contributed by atoms with E-state index >= 15 is 0 Å². The van der Waals surface area contributed by atoms with Crippen molar-refractivity contribution in [2.45, 2.75) is 37.9 Å². The topological polar surface area (TPSA) is 96.2 Å². The fourth-order valence-corrected chi connectivity index (χ4v) is 4.04. The maximum Gasteiger partial charge on any atom is 0.416 e. The molecule has 33 heavy (non-hydrogen) atoms. The Balaban J connectivity index is 1.70. The van der Waals surface area contributed by atoms with Crippen molar-refractivity contribution in [3.8, 4) is 0 Å². The lowest BCUT2D eigenvalue weighted by atomic mass is 9.81. The SMILES string of the molecule is CC1(c2ccc3c(c2)nc(NC(=O)c2cccc(C(F)(F)F)c2)n3CCCO)CCNC1=O. The van der Waals surface area contributed by atoms with Crippen LogP contribution in [0.1, 0.15) is 41.3 Å². The van der Waals surface area contributed by atoms with E-state index in [1.807, 2.05) is 13.0 Å². The number of carbonyl (C=O) groups is 2. The average molecular weight is 460 g/mol. The first-order valence-electron chi connectivity index (χ1n) is 10.5. The van der Waals surface area contributed by atoms with E-state index in [1.54, 1.807) is 16.7 Å². The molecule has 0 bridgehead atoms. The molecule has 3 aromatic rings. The van der Waals surface area contributed by atoms with Crippen LogP contribution in [0.2, 0.25) is 0 Å². The number of halogens is 3. The number of aliphatic hydroxyl groups excluding tert-OH is 1. The molecule has 2 amide bonds. The van der Waals surface area contributed by atoms with Crippen LogP contribution in [0.25, 0.3) is 11.0 Å². The number of hydrogen-bond acceptors (Lipinski definition) is 4. The fraction of sp³-hybridized carbons (Fsp3) is 0.348. The summed E-state index contributed by atoms with van der Waals surface area (Å²) in [6.07, 6.45) is -3.54. The number of anilines is 1. The minimum absolute atomic E-state index is 0.0698. The van der Waals surface area contributed by atoms with Crippen molar-refractivity contribution >= 4 is 28.8 Å². The molecular weight excluding hydrogens is 437 g/mol. The molecule has 174 valence electrons. The summed E-state index contributed by atoms with van der Waals surface area (Å²) >= 11 is 0. The molecule has 10 heteroatoms. The number of imidazole rings is 1. The third kappa shape index (κ3) is 4.30. The fourth-order valence-electron chi connectivity index (χ4n) is 4.04. The molecule has 2 heterocycles. The number of aryl methyl sites for hydroxylation is 1. The second kappa shape index (κ2) is 8.51. The molecule has 4 rings (SSSR count). The third-order valence-electron chi connectivity index (χ3n) is 6.01. The summed E-state index contributed by atoms with van der Waals surface area (Å²) in [5.74, 6) is -0.650. The van der Waals surface area contributed by atoms with Gasteiger partial charge in [-0.2, -0.15) is 13.2 Å². The molecule has 0 saturated carbocycles. The molecule has 1 aromatic heterocycles. The largest absolute Gasteiger partial charge is 0.416 e. The number of benzene rings is 2. The predicted molar refractivity (Wildman–Crippen MR) is 116 cm³/mol. The van der Waals surface area contributed by atoms with Crippen molar-refractivity contribution in [3.63, 3.8) is 0 Å². The zero-order valence-corrected chi connectivity index (χ0v) is 17.9. The summed E-state index contributed by atoms with van der Waals surface area (Å²) in [5.41, 5.74) is 0.231. The molecule has 1 unspecified atom stereocenters. The molecule has 0 radical (unpaired) electrons. The van der Waals surface area contributed by atoms with Gasteiger partial charge in [-0.05, 0) is 55.7 Å². The van der Waals surface area contributed by atoms with Crippen LogP contribution in [0.3, 0.4) is 0 Å². The lowest BCUT2D eigenvalue weighted by molar-refractivity contribution is -0.137. The van der Waals surface area contributed by atoms with E-state index in [-0.39, 0.29) is 24.0 Å². The molecular formula is C23H23F3N4O3. The van der Waals surface area contributed by atoms with E-state index in [4.69, 9.17) is 0 Å². The van der Waals surface area contributed by atoms with Crippen molar-refractivity contribution in [1.82, 2.24) is 14.9 Å². The number of nitrogens with one attached hydrogen (secondary N) is 2. The first-order valence-corrected chi connectivity index (χ1v) is 10.5. The van der Waals surface area contributed by atoms with Gasteiger partial charge < -0.3 is 15.0 Å². The van der Waals surface area contributed by atoms with Crippen molar-refractivity contribution in [1.29, 1.82) is 0 Å². The second-order valence-electron chi connectivity index (χ2n) is 8.24. The highest BCUT2D eigenvalue weighted by molar-refractivity contribution is 6.04. The van der Waals surface area contributed by atoms with Crippen LogP contribution in [-0.2, 0) is 22.9 Å². The molecule has 0 spiro atoms. The Morgan fingerprint density at radius 1 is 1.27 bits per heavy atom. The highest BCUT2D eigenvalue weighted by atomic mass is 19.4. The summed E-state index contributed by atoms with van der Waals surface area (Å²) in [4.78, 5) is 29.6. The molecule has 0 aliphatic carbocycles. The van der Waals surface area contributed by atoms with Crippen molar-refractivity contribution in [2.24, 2.45) is 0 Å². The highest BCUT2D eigenvalue weighted by Crippen LogP contribution is 2.34. The Kier molecular flexibility index (Phi) is 5.87. The number of hydrogen-bond donors (Lipinski definition) is 3. The van der Waals surface area contributed by atoms with Crippen LogP contribution in [0.4, 0.5) is 19.1 Å². The van der Waals surface area contributed by atoms with Gasteiger partial charge in [0.15, 0.2) is 0 Å². The average Bonchev–Trinajstić information content (AvgIpc) is 3.30.